The van der Waals surface area contributed by atoms with Crippen LogP contribution < -0.4 is 5.73 Å². The lowest BCUT2D eigenvalue weighted by atomic mass is 10.0. The summed E-state index contributed by atoms with van der Waals surface area (Å²) in [4.78, 5) is 13.0. The fraction of sp³-hybridized carbons (Fsp3) is 0.192. The maximum absolute atomic E-state index is 11.1. The zero-order valence-corrected chi connectivity index (χ0v) is 17.4. The predicted molar refractivity (Wildman–Crippen MR) is 123 cm³/mol. The number of amides is 1. The number of primary amides is 1. The summed E-state index contributed by atoms with van der Waals surface area (Å²) in [5.74, 6) is 6.21. The van der Waals surface area contributed by atoms with E-state index in [0.29, 0.717) is 6.54 Å². The number of allylic oxidation sites excluding steroid dienone is 5. The van der Waals surface area contributed by atoms with Gasteiger partial charge in [-0.3, -0.25) is 9.69 Å². The number of hydrogen-bond acceptors (Lipinski definition) is 2. The van der Waals surface area contributed by atoms with E-state index < -0.39 is 0 Å². The number of rotatable bonds is 7. The Morgan fingerprint density at radius 2 is 1.72 bits per heavy atom. The molecular formula is C26H28N2O. The average Bonchev–Trinajstić information content (AvgIpc) is 2.72. The Kier molecular flexibility index (Phi) is 8.69. The number of carbonyl (C=O) groups is 1. The molecule has 0 unspecified atom stereocenters. The quantitative estimate of drug-likeness (QED) is 0.564. The molecule has 29 heavy (non-hydrogen) atoms. The topological polar surface area (TPSA) is 46.3 Å². The minimum Gasteiger partial charge on any atom is -0.369 e. The van der Waals surface area contributed by atoms with Crippen LogP contribution in [0, 0.1) is 11.8 Å². The van der Waals surface area contributed by atoms with Gasteiger partial charge in [0.2, 0.25) is 5.91 Å². The molecule has 0 heterocycles. The van der Waals surface area contributed by atoms with Gasteiger partial charge in [0.1, 0.15) is 0 Å². The minimum atomic E-state index is -0.341. The van der Waals surface area contributed by atoms with Gasteiger partial charge in [-0.25, -0.2) is 0 Å². The second-order valence-corrected chi connectivity index (χ2v) is 6.72. The van der Waals surface area contributed by atoms with Crippen molar-refractivity contribution in [2.75, 3.05) is 20.1 Å². The van der Waals surface area contributed by atoms with Crippen molar-refractivity contribution >= 4 is 17.1 Å². The van der Waals surface area contributed by atoms with Crippen molar-refractivity contribution in [1.29, 1.82) is 0 Å². The summed E-state index contributed by atoms with van der Waals surface area (Å²) in [6, 6.07) is 18.3. The van der Waals surface area contributed by atoms with E-state index in [1.54, 1.807) is 0 Å². The highest BCUT2D eigenvalue weighted by molar-refractivity contribution is 5.80. The Morgan fingerprint density at radius 1 is 1.03 bits per heavy atom. The van der Waals surface area contributed by atoms with Crippen molar-refractivity contribution in [1.82, 2.24) is 4.90 Å². The van der Waals surface area contributed by atoms with Crippen molar-refractivity contribution in [3.8, 4) is 11.8 Å². The Morgan fingerprint density at radius 3 is 2.31 bits per heavy atom. The summed E-state index contributed by atoms with van der Waals surface area (Å²) in [6.45, 7) is 4.86. The molecule has 0 saturated heterocycles. The monoisotopic (exact) mass is 384 g/mol. The Bertz CT molecular complexity index is 955. The molecule has 1 amide bonds. The molecule has 3 heteroatoms. The molecule has 0 spiro atoms. The largest absolute Gasteiger partial charge is 0.369 e. The number of benzene rings is 2. The molecular weight excluding hydrogens is 356 g/mol. The smallest absolute Gasteiger partial charge is 0.231 e. The fourth-order valence-corrected chi connectivity index (χ4v) is 2.86. The molecule has 0 radical (unpaired) electrons. The van der Waals surface area contributed by atoms with Crippen molar-refractivity contribution in [3.05, 3.63) is 95.6 Å². The number of carbonyl (C=O) groups excluding carboxylic acids is 1. The van der Waals surface area contributed by atoms with Gasteiger partial charge in [0.25, 0.3) is 0 Å². The molecule has 3 nitrogen and oxygen atoms in total. The number of likely N-dealkylation sites (N-methyl/N-ethyl adjacent to an activating group) is 1. The molecule has 0 aromatic heterocycles. The Balaban J connectivity index is 2.26. The van der Waals surface area contributed by atoms with Gasteiger partial charge in [0.15, 0.2) is 0 Å². The van der Waals surface area contributed by atoms with Crippen molar-refractivity contribution in [2.24, 2.45) is 5.73 Å². The van der Waals surface area contributed by atoms with Gasteiger partial charge in [-0.1, -0.05) is 78.6 Å². The van der Waals surface area contributed by atoms with Crippen molar-refractivity contribution in [3.63, 3.8) is 0 Å². The van der Waals surface area contributed by atoms with Crippen LogP contribution in [0.15, 0.2) is 78.9 Å². The second kappa shape index (κ2) is 11.5. The molecule has 2 N–H and O–H groups in total. The molecule has 0 bridgehead atoms. The van der Waals surface area contributed by atoms with Crippen LogP contribution in [0.3, 0.4) is 0 Å². The van der Waals surface area contributed by atoms with Crippen LogP contribution in [-0.2, 0) is 4.79 Å². The van der Waals surface area contributed by atoms with Gasteiger partial charge in [-0.15, -0.1) is 0 Å². The van der Waals surface area contributed by atoms with Crippen LogP contribution in [0.5, 0.6) is 0 Å². The molecule has 2 rings (SSSR count). The molecule has 0 aliphatic carbocycles. The zero-order valence-electron chi connectivity index (χ0n) is 17.4. The lowest BCUT2D eigenvalue weighted by Crippen LogP contribution is -2.30. The summed E-state index contributed by atoms with van der Waals surface area (Å²) < 4.78 is 0. The molecule has 0 atom stereocenters. The predicted octanol–water partition coefficient (Wildman–Crippen LogP) is 4.52. The van der Waals surface area contributed by atoms with Gasteiger partial charge in [0, 0.05) is 17.7 Å². The molecule has 148 valence electrons. The first kappa shape index (κ1) is 21.9. The van der Waals surface area contributed by atoms with Crippen LogP contribution in [-0.4, -0.2) is 30.9 Å². The minimum absolute atomic E-state index is 0.215. The summed E-state index contributed by atoms with van der Waals surface area (Å²) in [5, 5.41) is 0. The first-order chi connectivity index (χ1) is 14.0. The van der Waals surface area contributed by atoms with E-state index >= 15 is 0 Å². The van der Waals surface area contributed by atoms with Gasteiger partial charge in [-0.2, -0.15) is 0 Å². The average molecular weight is 385 g/mol. The van der Waals surface area contributed by atoms with Gasteiger partial charge in [-0.05, 0) is 49.7 Å². The lowest BCUT2D eigenvalue weighted by Gasteiger charge is -2.12. The van der Waals surface area contributed by atoms with Crippen LogP contribution >= 0.6 is 0 Å². The Hall–Kier alpha value is -3.35. The van der Waals surface area contributed by atoms with Crippen LogP contribution in [0.2, 0.25) is 0 Å². The fourth-order valence-electron chi connectivity index (χ4n) is 2.86. The maximum Gasteiger partial charge on any atom is 0.231 e. The SMILES string of the molecule is C/C=C\C(=C/C)c1ccc(C#C/C(=C/CN(C)CC(N)=O)c2ccccc2)cc1. The van der Waals surface area contributed by atoms with Crippen LogP contribution in [0.1, 0.15) is 30.5 Å². The van der Waals surface area contributed by atoms with E-state index in [4.69, 9.17) is 5.73 Å². The molecule has 0 saturated carbocycles. The van der Waals surface area contributed by atoms with E-state index in [2.05, 4.69) is 36.1 Å². The lowest BCUT2D eigenvalue weighted by molar-refractivity contribution is -0.118. The normalized spacial score (nSPS) is 12.1. The van der Waals surface area contributed by atoms with Gasteiger partial charge in [0.05, 0.1) is 6.54 Å². The third-order valence-corrected chi connectivity index (χ3v) is 4.33. The third-order valence-electron chi connectivity index (χ3n) is 4.33. The maximum atomic E-state index is 11.1. The van der Waals surface area contributed by atoms with E-state index in [1.807, 2.05) is 80.4 Å². The first-order valence-corrected chi connectivity index (χ1v) is 9.67. The van der Waals surface area contributed by atoms with E-state index in [0.717, 1.165) is 16.7 Å². The highest BCUT2D eigenvalue weighted by Gasteiger charge is 2.03. The van der Waals surface area contributed by atoms with E-state index in [1.165, 1.54) is 11.1 Å². The summed E-state index contributed by atoms with van der Waals surface area (Å²) in [6.07, 6.45) is 8.26. The zero-order chi connectivity index (χ0) is 21.1. The molecule has 2 aromatic carbocycles. The van der Waals surface area contributed by atoms with Crippen molar-refractivity contribution in [2.45, 2.75) is 13.8 Å². The summed E-state index contributed by atoms with van der Waals surface area (Å²) in [5.41, 5.74) is 10.6. The Labute approximate surface area is 174 Å². The van der Waals surface area contributed by atoms with Gasteiger partial charge < -0.3 is 5.73 Å². The van der Waals surface area contributed by atoms with E-state index in [9.17, 15) is 4.79 Å². The molecule has 0 fully saturated rings. The van der Waals surface area contributed by atoms with Crippen LogP contribution in [0.4, 0.5) is 0 Å². The molecule has 0 aliphatic rings. The number of hydrogen-bond donors (Lipinski definition) is 1. The van der Waals surface area contributed by atoms with Crippen molar-refractivity contribution < 1.29 is 4.79 Å². The highest BCUT2D eigenvalue weighted by Crippen LogP contribution is 2.17. The standard InChI is InChI=1S/C26H28N2O/c1-4-9-22(5-2)24-15-12-21(13-16-24)14-17-25(23-10-7-6-8-11-23)18-19-28(3)20-26(27)29/h4-13,15-16,18H,19-20H2,1-3H3,(H2,27,29)/b9-4-,22-5+,25-18-. The highest BCUT2D eigenvalue weighted by atomic mass is 16.1. The molecule has 0 aliphatic heterocycles. The molecule has 2 aromatic rings. The second-order valence-electron chi connectivity index (χ2n) is 6.72. The first-order valence-electron chi connectivity index (χ1n) is 9.67. The van der Waals surface area contributed by atoms with Gasteiger partial charge >= 0.3 is 0 Å². The third kappa shape index (κ3) is 7.29. The van der Waals surface area contributed by atoms with Crippen LogP contribution in [0.25, 0.3) is 11.1 Å². The number of nitrogens with zero attached hydrogens (tertiary/aromatic N) is 1. The van der Waals surface area contributed by atoms with E-state index in [-0.39, 0.29) is 12.5 Å². The summed E-state index contributed by atoms with van der Waals surface area (Å²) in [7, 11) is 1.86. The summed E-state index contributed by atoms with van der Waals surface area (Å²) >= 11 is 0. The number of nitrogens with two attached hydrogens (primary N) is 1.